The van der Waals surface area contributed by atoms with Crippen LogP contribution in [0, 0.1) is 5.41 Å². The van der Waals surface area contributed by atoms with Crippen LogP contribution >= 0.6 is 12.9 Å². The molecule has 0 aromatic carbocycles. The Labute approximate surface area is 108 Å². The largest absolute Gasteiger partial charge is 0.444 e. The van der Waals surface area contributed by atoms with Crippen molar-refractivity contribution in [3.63, 3.8) is 0 Å². The fraction of sp³-hybridized carbons (Fsp3) is 0.909. The quantitative estimate of drug-likeness (QED) is 0.523. The van der Waals surface area contributed by atoms with E-state index in [0.29, 0.717) is 0 Å². The van der Waals surface area contributed by atoms with Gasteiger partial charge < -0.3 is 19.3 Å². The monoisotopic (exact) mass is 265 g/mol. The van der Waals surface area contributed by atoms with Gasteiger partial charge in [-0.05, 0) is 33.7 Å². The van der Waals surface area contributed by atoms with Crippen LogP contribution in [0.1, 0.15) is 34.6 Å². The molecule has 0 heterocycles. The molecule has 0 aliphatic carbocycles. The molecule has 102 valence electrons. The Balaban J connectivity index is 4.21. The van der Waals surface area contributed by atoms with E-state index in [1.807, 2.05) is 13.8 Å². The van der Waals surface area contributed by atoms with E-state index in [1.165, 1.54) is 0 Å². The Morgan fingerprint density at radius 2 is 1.88 bits per heavy atom. The second-order valence-electron chi connectivity index (χ2n) is 5.62. The molecule has 0 aliphatic rings. The van der Waals surface area contributed by atoms with Crippen molar-refractivity contribution < 1.29 is 18.8 Å². The van der Waals surface area contributed by atoms with Gasteiger partial charge in [0.2, 0.25) is 0 Å². The highest BCUT2D eigenvalue weighted by Gasteiger charge is 2.30. The summed E-state index contributed by atoms with van der Waals surface area (Å²) < 4.78 is 10.0. The number of aliphatic hydroxyl groups excluding tert-OH is 1. The summed E-state index contributed by atoms with van der Waals surface area (Å²) in [5.74, 6) is 0. The lowest BCUT2D eigenvalue weighted by molar-refractivity contribution is 0.0281. The second-order valence-corrected chi connectivity index (χ2v) is 5.83. The lowest BCUT2D eigenvalue weighted by Crippen LogP contribution is -2.44. The zero-order valence-electron chi connectivity index (χ0n) is 11.1. The summed E-state index contributed by atoms with van der Waals surface area (Å²) in [6.07, 6.45) is -0.912. The summed E-state index contributed by atoms with van der Waals surface area (Å²) in [6, 6.07) is 0. The SMILES string of the molecule is CC(C)(C)OC(=O)NCC(OS)C(C)(C)CO. The number of nitrogens with one attached hydrogen (secondary N) is 1. The standard InChI is InChI=1S/C11H23NO4S/c1-10(2,3)15-9(14)12-6-8(16-17)11(4,5)7-13/h8,13,17H,6-7H2,1-5H3,(H,12,14). The molecule has 1 amide bonds. The van der Waals surface area contributed by atoms with Crippen LogP contribution in [-0.2, 0) is 8.92 Å². The Hall–Kier alpha value is -0.460. The number of thiol groups is 1. The van der Waals surface area contributed by atoms with E-state index >= 15 is 0 Å². The lowest BCUT2D eigenvalue weighted by Gasteiger charge is -2.30. The molecule has 1 atom stereocenters. The summed E-state index contributed by atoms with van der Waals surface area (Å²) in [5, 5.41) is 11.8. The number of hydrogen-bond donors (Lipinski definition) is 3. The van der Waals surface area contributed by atoms with E-state index in [-0.39, 0.29) is 13.2 Å². The van der Waals surface area contributed by atoms with Gasteiger partial charge in [0.25, 0.3) is 0 Å². The molecule has 0 spiro atoms. The number of aliphatic hydroxyl groups is 1. The predicted molar refractivity (Wildman–Crippen MR) is 69.0 cm³/mol. The van der Waals surface area contributed by atoms with Crippen LogP contribution in [0.15, 0.2) is 0 Å². The predicted octanol–water partition coefficient (Wildman–Crippen LogP) is 1.76. The lowest BCUT2D eigenvalue weighted by atomic mass is 9.87. The summed E-state index contributed by atoms with van der Waals surface area (Å²) in [6.45, 7) is 9.18. The molecule has 0 aliphatic heterocycles. The molecule has 1 unspecified atom stereocenters. The molecule has 17 heavy (non-hydrogen) atoms. The fourth-order valence-corrected chi connectivity index (χ4v) is 1.41. The van der Waals surface area contributed by atoms with E-state index in [9.17, 15) is 9.90 Å². The molecule has 2 N–H and O–H groups in total. The van der Waals surface area contributed by atoms with E-state index in [1.54, 1.807) is 20.8 Å². The van der Waals surface area contributed by atoms with Gasteiger partial charge in [-0.2, -0.15) is 0 Å². The van der Waals surface area contributed by atoms with E-state index in [0.717, 1.165) is 0 Å². The van der Waals surface area contributed by atoms with E-state index in [4.69, 9.17) is 8.92 Å². The minimum Gasteiger partial charge on any atom is -0.444 e. The zero-order chi connectivity index (χ0) is 13.7. The van der Waals surface area contributed by atoms with Crippen LogP contribution in [0.2, 0.25) is 0 Å². The topological polar surface area (TPSA) is 67.8 Å². The highest BCUT2D eigenvalue weighted by atomic mass is 32.1. The first-order valence-electron chi connectivity index (χ1n) is 5.50. The van der Waals surface area contributed by atoms with Gasteiger partial charge in [0.1, 0.15) is 5.60 Å². The van der Waals surface area contributed by atoms with Crippen molar-refractivity contribution in [2.24, 2.45) is 5.41 Å². The first kappa shape index (κ1) is 16.5. The van der Waals surface area contributed by atoms with Crippen molar-refractivity contribution in [1.82, 2.24) is 5.32 Å². The summed E-state index contributed by atoms with van der Waals surface area (Å²) in [5.41, 5.74) is -1.02. The highest BCUT2D eigenvalue weighted by molar-refractivity contribution is 7.75. The first-order chi connectivity index (χ1) is 7.62. The molecule has 0 rings (SSSR count). The molecule has 0 aromatic rings. The summed E-state index contributed by atoms with van der Waals surface area (Å²) in [7, 11) is 0. The minimum absolute atomic E-state index is 0.0613. The van der Waals surface area contributed by atoms with Gasteiger partial charge in [-0.25, -0.2) is 4.79 Å². The maximum absolute atomic E-state index is 11.4. The van der Waals surface area contributed by atoms with Crippen molar-refractivity contribution in [1.29, 1.82) is 0 Å². The number of carbonyl (C=O) groups is 1. The van der Waals surface area contributed by atoms with Gasteiger partial charge in [0.15, 0.2) is 0 Å². The third kappa shape index (κ3) is 6.75. The van der Waals surface area contributed by atoms with Crippen molar-refractivity contribution in [2.75, 3.05) is 13.2 Å². The molecule has 0 bridgehead atoms. The number of amides is 1. The summed E-state index contributed by atoms with van der Waals surface area (Å²) in [4.78, 5) is 11.4. The van der Waals surface area contributed by atoms with Crippen LogP contribution in [0.3, 0.4) is 0 Å². The average Bonchev–Trinajstić information content (AvgIpc) is 2.15. The van der Waals surface area contributed by atoms with Crippen molar-refractivity contribution >= 4 is 19.0 Å². The number of ether oxygens (including phenoxy) is 1. The molecule has 0 radical (unpaired) electrons. The van der Waals surface area contributed by atoms with Gasteiger partial charge in [0, 0.05) is 12.0 Å². The molecule has 6 heteroatoms. The number of hydrogen-bond acceptors (Lipinski definition) is 5. The van der Waals surface area contributed by atoms with E-state index < -0.39 is 23.2 Å². The summed E-state index contributed by atoms with van der Waals surface area (Å²) >= 11 is 3.75. The van der Waals surface area contributed by atoms with Crippen molar-refractivity contribution in [3.8, 4) is 0 Å². The number of alkyl carbamates (subject to hydrolysis) is 1. The van der Waals surface area contributed by atoms with Gasteiger partial charge in [-0.1, -0.05) is 13.8 Å². The van der Waals surface area contributed by atoms with Gasteiger partial charge in [0.05, 0.1) is 12.7 Å². The zero-order valence-corrected chi connectivity index (χ0v) is 12.0. The maximum atomic E-state index is 11.4. The smallest absolute Gasteiger partial charge is 0.407 e. The van der Waals surface area contributed by atoms with Crippen molar-refractivity contribution in [2.45, 2.75) is 46.3 Å². The third-order valence-corrected chi connectivity index (χ3v) is 2.49. The minimum atomic E-state index is -0.534. The van der Waals surface area contributed by atoms with Gasteiger partial charge >= 0.3 is 6.09 Å². The van der Waals surface area contributed by atoms with Gasteiger partial charge in [-0.15, -0.1) is 0 Å². The van der Waals surface area contributed by atoms with Gasteiger partial charge in [-0.3, -0.25) is 0 Å². The van der Waals surface area contributed by atoms with Crippen LogP contribution in [0.25, 0.3) is 0 Å². The Morgan fingerprint density at radius 3 is 2.24 bits per heavy atom. The second kappa shape index (κ2) is 6.47. The number of carbonyl (C=O) groups excluding carboxylic acids is 1. The Bertz CT molecular complexity index is 250. The molecule has 0 saturated heterocycles. The van der Waals surface area contributed by atoms with Crippen LogP contribution in [0.5, 0.6) is 0 Å². The molecular weight excluding hydrogens is 242 g/mol. The average molecular weight is 265 g/mol. The number of rotatable bonds is 5. The Morgan fingerprint density at radius 1 is 1.35 bits per heavy atom. The maximum Gasteiger partial charge on any atom is 0.407 e. The van der Waals surface area contributed by atoms with Crippen LogP contribution in [-0.4, -0.2) is 36.1 Å². The molecule has 0 saturated carbocycles. The third-order valence-electron chi connectivity index (χ3n) is 2.24. The first-order valence-corrected chi connectivity index (χ1v) is 5.87. The normalized spacial score (nSPS) is 14.3. The molecule has 0 aromatic heterocycles. The Kier molecular flexibility index (Phi) is 6.29. The van der Waals surface area contributed by atoms with Crippen molar-refractivity contribution in [3.05, 3.63) is 0 Å². The molecular formula is C11H23NO4S. The molecule has 0 fully saturated rings. The van der Waals surface area contributed by atoms with Crippen LogP contribution in [0.4, 0.5) is 4.79 Å². The van der Waals surface area contributed by atoms with E-state index in [2.05, 4.69) is 18.2 Å². The fourth-order valence-electron chi connectivity index (χ4n) is 1.05. The highest BCUT2D eigenvalue weighted by Crippen LogP contribution is 2.23. The molecule has 5 nitrogen and oxygen atoms in total. The van der Waals surface area contributed by atoms with Crippen LogP contribution < -0.4 is 5.32 Å².